The van der Waals surface area contributed by atoms with Crippen molar-refractivity contribution in [3.63, 3.8) is 0 Å². The fourth-order valence-corrected chi connectivity index (χ4v) is 3.04. The molecule has 0 bridgehead atoms. The zero-order valence-electron chi connectivity index (χ0n) is 15.7. The van der Waals surface area contributed by atoms with E-state index in [1.165, 1.54) is 0 Å². The Balaban J connectivity index is 1.73. The Morgan fingerprint density at radius 3 is 1.62 bits per heavy atom. The number of hydrogen-bond acceptors (Lipinski definition) is 1. The standard InChI is InChI=1S/C26H18O3/c27-26(28)23-15-13-19(14-16-23)11-12-20-17-24(21-7-3-1-4-8-21)29-25(18-20)22-9-5-2-6-10-22/h1-18H/p+1. The first-order valence-electron chi connectivity index (χ1n) is 9.29. The van der Waals surface area contributed by atoms with Gasteiger partial charge in [-0.3, -0.25) is 0 Å². The average Bonchev–Trinajstić information content (AvgIpc) is 2.79. The highest BCUT2D eigenvalue weighted by atomic mass is 16.4. The molecule has 4 aromatic rings. The third-order valence-electron chi connectivity index (χ3n) is 4.56. The molecule has 140 valence electrons. The van der Waals surface area contributed by atoms with Crippen LogP contribution in [0.15, 0.2) is 101 Å². The molecule has 0 saturated carbocycles. The van der Waals surface area contributed by atoms with E-state index in [4.69, 9.17) is 9.52 Å². The Labute approximate surface area is 169 Å². The van der Waals surface area contributed by atoms with Crippen LogP contribution in [0.2, 0.25) is 0 Å². The highest BCUT2D eigenvalue weighted by Crippen LogP contribution is 2.29. The molecule has 29 heavy (non-hydrogen) atoms. The van der Waals surface area contributed by atoms with Gasteiger partial charge < -0.3 is 5.11 Å². The van der Waals surface area contributed by atoms with Gasteiger partial charge in [-0.05, 0) is 47.5 Å². The van der Waals surface area contributed by atoms with Crippen molar-refractivity contribution < 1.29 is 14.3 Å². The zero-order chi connectivity index (χ0) is 20.1. The average molecular weight is 379 g/mol. The Hall–Kier alpha value is -3.98. The Morgan fingerprint density at radius 1 is 0.655 bits per heavy atom. The molecule has 3 aromatic carbocycles. The molecule has 0 saturated heterocycles. The van der Waals surface area contributed by atoms with Crippen molar-refractivity contribution in [1.82, 2.24) is 0 Å². The van der Waals surface area contributed by atoms with Crippen LogP contribution in [0.3, 0.4) is 0 Å². The van der Waals surface area contributed by atoms with Gasteiger partial charge in [0.25, 0.3) is 0 Å². The molecule has 0 aliphatic heterocycles. The van der Waals surface area contributed by atoms with Crippen molar-refractivity contribution in [3.8, 4) is 22.6 Å². The van der Waals surface area contributed by atoms with E-state index in [2.05, 4.69) is 0 Å². The molecule has 0 amide bonds. The molecule has 0 spiro atoms. The summed E-state index contributed by atoms with van der Waals surface area (Å²) >= 11 is 0. The molecule has 0 aliphatic carbocycles. The van der Waals surface area contributed by atoms with E-state index in [1.807, 2.05) is 84.9 Å². The monoisotopic (exact) mass is 379 g/mol. The Morgan fingerprint density at radius 2 is 1.14 bits per heavy atom. The molecule has 1 heterocycles. The normalized spacial score (nSPS) is 10.9. The number of carboxylic acid groups (broad SMARTS) is 1. The summed E-state index contributed by atoms with van der Waals surface area (Å²) in [5, 5.41) is 9.03. The number of hydrogen-bond donors (Lipinski definition) is 1. The lowest BCUT2D eigenvalue weighted by Gasteiger charge is -1.99. The SMILES string of the molecule is O=C(O)c1ccc(C=Cc2cc(-c3ccccc3)[o+]c(-c3ccccc3)c2)cc1. The van der Waals surface area contributed by atoms with E-state index < -0.39 is 5.97 Å². The lowest BCUT2D eigenvalue weighted by Crippen LogP contribution is -1.94. The summed E-state index contributed by atoms with van der Waals surface area (Å²) in [6.07, 6.45) is 3.97. The second-order valence-electron chi connectivity index (χ2n) is 6.61. The van der Waals surface area contributed by atoms with Gasteiger partial charge in [0.15, 0.2) is 0 Å². The van der Waals surface area contributed by atoms with Crippen molar-refractivity contribution in [3.05, 3.63) is 114 Å². The van der Waals surface area contributed by atoms with Gasteiger partial charge in [-0.25, -0.2) is 9.21 Å². The Bertz CT molecular complexity index is 1090. The lowest BCUT2D eigenvalue weighted by atomic mass is 10.1. The van der Waals surface area contributed by atoms with Gasteiger partial charge >= 0.3 is 17.5 Å². The van der Waals surface area contributed by atoms with E-state index in [-0.39, 0.29) is 5.56 Å². The molecule has 0 unspecified atom stereocenters. The van der Waals surface area contributed by atoms with Crippen molar-refractivity contribution >= 4 is 18.1 Å². The topological polar surface area (TPSA) is 48.6 Å². The summed E-state index contributed by atoms with van der Waals surface area (Å²) < 4.78 is 6.19. The van der Waals surface area contributed by atoms with Crippen molar-refractivity contribution in [2.45, 2.75) is 0 Å². The molecule has 4 rings (SSSR count). The van der Waals surface area contributed by atoms with Crippen LogP contribution in [0.4, 0.5) is 0 Å². The zero-order valence-corrected chi connectivity index (χ0v) is 15.7. The summed E-state index contributed by atoms with van der Waals surface area (Å²) in [5.74, 6) is 0.644. The molecule has 0 radical (unpaired) electrons. The minimum absolute atomic E-state index is 0.276. The summed E-state index contributed by atoms with van der Waals surface area (Å²) in [6, 6.07) is 30.8. The number of carbonyl (C=O) groups is 1. The number of benzene rings is 3. The lowest BCUT2D eigenvalue weighted by molar-refractivity contribution is 0.0697. The van der Waals surface area contributed by atoms with Crippen LogP contribution >= 0.6 is 0 Å². The number of carboxylic acids is 1. The van der Waals surface area contributed by atoms with Crippen LogP contribution in [0.5, 0.6) is 0 Å². The maximum absolute atomic E-state index is 11.0. The van der Waals surface area contributed by atoms with E-state index in [9.17, 15) is 4.79 Å². The first-order valence-corrected chi connectivity index (χ1v) is 9.29. The van der Waals surface area contributed by atoms with Gasteiger partial charge in [0.1, 0.15) is 0 Å². The summed E-state index contributed by atoms with van der Waals surface area (Å²) in [6.45, 7) is 0. The highest BCUT2D eigenvalue weighted by Gasteiger charge is 2.18. The van der Waals surface area contributed by atoms with Crippen LogP contribution in [0.25, 0.3) is 34.8 Å². The van der Waals surface area contributed by atoms with Crippen molar-refractivity contribution in [1.29, 1.82) is 0 Å². The van der Waals surface area contributed by atoms with E-state index in [0.717, 1.165) is 33.8 Å². The van der Waals surface area contributed by atoms with Crippen molar-refractivity contribution in [2.75, 3.05) is 0 Å². The minimum Gasteiger partial charge on any atom is -0.478 e. The summed E-state index contributed by atoms with van der Waals surface area (Å²) in [4.78, 5) is 11.0. The van der Waals surface area contributed by atoms with Crippen LogP contribution in [0, 0.1) is 0 Å². The molecule has 3 heteroatoms. The molecule has 0 aliphatic rings. The molecular weight excluding hydrogens is 360 g/mol. The second-order valence-corrected chi connectivity index (χ2v) is 6.61. The first-order chi connectivity index (χ1) is 14.2. The first kappa shape index (κ1) is 18.4. The van der Waals surface area contributed by atoms with Crippen LogP contribution in [-0.4, -0.2) is 11.1 Å². The third-order valence-corrected chi connectivity index (χ3v) is 4.56. The van der Waals surface area contributed by atoms with Crippen LogP contribution < -0.4 is 0 Å². The summed E-state index contributed by atoms with van der Waals surface area (Å²) in [5.41, 5.74) is 4.21. The van der Waals surface area contributed by atoms with E-state index in [0.29, 0.717) is 0 Å². The van der Waals surface area contributed by atoms with Gasteiger partial charge in [-0.15, -0.1) is 0 Å². The minimum atomic E-state index is -0.926. The van der Waals surface area contributed by atoms with Gasteiger partial charge in [0, 0.05) is 0 Å². The maximum atomic E-state index is 11.0. The quantitative estimate of drug-likeness (QED) is 0.390. The molecule has 3 nitrogen and oxygen atoms in total. The fraction of sp³-hybridized carbons (Fsp3) is 0. The van der Waals surface area contributed by atoms with E-state index >= 15 is 0 Å². The summed E-state index contributed by atoms with van der Waals surface area (Å²) in [7, 11) is 0. The van der Waals surface area contributed by atoms with Crippen LogP contribution in [0.1, 0.15) is 21.5 Å². The van der Waals surface area contributed by atoms with Crippen molar-refractivity contribution in [2.24, 2.45) is 0 Å². The Kier molecular flexibility index (Phi) is 5.30. The predicted octanol–water partition coefficient (Wildman–Crippen LogP) is 6.76. The second kappa shape index (κ2) is 8.36. The highest BCUT2D eigenvalue weighted by molar-refractivity contribution is 5.88. The van der Waals surface area contributed by atoms with E-state index in [1.54, 1.807) is 24.3 Å². The maximum Gasteiger partial charge on any atom is 0.361 e. The van der Waals surface area contributed by atoms with Gasteiger partial charge in [0.2, 0.25) is 0 Å². The molecule has 0 fully saturated rings. The predicted molar refractivity (Wildman–Crippen MR) is 116 cm³/mol. The number of aromatic carboxylic acids is 1. The third kappa shape index (κ3) is 4.47. The molecule has 0 atom stereocenters. The molecule has 1 N–H and O–H groups in total. The number of rotatable bonds is 5. The fourth-order valence-electron chi connectivity index (χ4n) is 3.04. The smallest absolute Gasteiger partial charge is 0.361 e. The molecular formula is C26H19O3+. The van der Waals surface area contributed by atoms with Gasteiger partial charge in [-0.2, -0.15) is 0 Å². The molecule has 1 aromatic heterocycles. The largest absolute Gasteiger partial charge is 0.478 e. The van der Waals surface area contributed by atoms with Gasteiger partial charge in [0.05, 0.1) is 28.8 Å². The van der Waals surface area contributed by atoms with Crippen LogP contribution in [-0.2, 0) is 0 Å². The van der Waals surface area contributed by atoms with Gasteiger partial charge in [-0.1, -0.05) is 60.7 Å².